The molecule has 0 aromatic heterocycles. The largest absolute Gasteiger partial charge is 0.293 e. The number of hydrogen-bond donors (Lipinski definition) is 0. The van der Waals surface area contributed by atoms with Crippen LogP contribution < -0.4 is 0 Å². The van der Waals surface area contributed by atoms with Crippen LogP contribution in [0.3, 0.4) is 0 Å². The highest BCUT2D eigenvalue weighted by molar-refractivity contribution is 6.04. The van der Waals surface area contributed by atoms with Crippen molar-refractivity contribution in [3.05, 3.63) is 47.1 Å². The van der Waals surface area contributed by atoms with Crippen LogP contribution in [0.2, 0.25) is 0 Å². The average molecular weight is 328 g/mol. The number of ketones is 1. The Morgan fingerprint density at radius 1 is 1.20 bits per heavy atom. The minimum Gasteiger partial charge on any atom is -0.293 e. The van der Waals surface area contributed by atoms with Crippen molar-refractivity contribution in [2.45, 2.75) is 33.6 Å². The van der Waals surface area contributed by atoms with Crippen LogP contribution in [0.4, 0.5) is 0 Å². The number of fused-ring (bicyclic) bond motifs is 3. The number of nitrogens with zero attached hydrogens (tertiary/aromatic N) is 2. The van der Waals surface area contributed by atoms with E-state index in [9.17, 15) is 15.3 Å². The van der Waals surface area contributed by atoms with Gasteiger partial charge in [-0.15, -0.1) is 6.42 Å². The lowest BCUT2D eigenvalue weighted by molar-refractivity contribution is -0.130. The standard InChI is InChI=1S/C22H20N2O/c1-6-22-8-7-17-20(3,4)19(25)16(13-24)10-21(17,5)18(22)9-14(2)15(11-22)12-23/h1,9-11,17H,2,7-8H2,3-5H3/t17?,21-,22?/m0/s1. The third-order valence-corrected chi connectivity index (χ3v) is 6.31. The summed E-state index contributed by atoms with van der Waals surface area (Å²) in [6.45, 7) is 9.88. The van der Waals surface area contributed by atoms with Crippen LogP contribution >= 0.6 is 0 Å². The Bertz CT molecular complexity index is 923. The lowest BCUT2D eigenvalue weighted by Crippen LogP contribution is -2.53. The van der Waals surface area contributed by atoms with Crippen LogP contribution in [-0.4, -0.2) is 5.78 Å². The normalized spacial score (nSPS) is 35.7. The van der Waals surface area contributed by atoms with Gasteiger partial charge in [0, 0.05) is 10.8 Å². The molecule has 3 nitrogen and oxygen atoms in total. The maximum Gasteiger partial charge on any atom is 0.178 e. The second-order valence-corrected chi connectivity index (χ2v) is 7.96. The van der Waals surface area contributed by atoms with E-state index in [0.29, 0.717) is 17.6 Å². The fourth-order valence-corrected chi connectivity index (χ4v) is 5.04. The Morgan fingerprint density at radius 2 is 1.84 bits per heavy atom. The van der Waals surface area contributed by atoms with E-state index in [0.717, 1.165) is 12.0 Å². The molecular formula is C22H20N2O. The molecule has 2 unspecified atom stereocenters. The van der Waals surface area contributed by atoms with Gasteiger partial charge in [-0.05, 0) is 36.0 Å². The number of Topliss-reactive ketones (excluding diaryl/α,β-unsaturated/α-hetero) is 1. The molecular weight excluding hydrogens is 308 g/mol. The van der Waals surface area contributed by atoms with E-state index >= 15 is 0 Å². The molecule has 0 bridgehead atoms. The summed E-state index contributed by atoms with van der Waals surface area (Å²) in [4.78, 5) is 12.7. The molecule has 3 aliphatic carbocycles. The molecule has 3 rings (SSSR count). The first-order valence-electron chi connectivity index (χ1n) is 8.36. The van der Waals surface area contributed by atoms with Crippen molar-refractivity contribution in [1.29, 1.82) is 10.5 Å². The van der Waals surface area contributed by atoms with Crippen molar-refractivity contribution in [1.82, 2.24) is 0 Å². The maximum atomic E-state index is 12.7. The van der Waals surface area contributed by atoms with Gasteiger partial charge in [0.2, 0.25) is 0 Å². The minimum atomic E-state index is -0.662. The van der Waals surface area contributed by atoms with E-state index in [1.807, 2.05) is 26.0 Å². The van der Waals surface area contributed by atoms with Gasteiger partial charge in [-0.2, -0.15) is 10.5 Å². The Morgan fingerprint density at radius 3 is 2.40 bits per heavy atom. The molecule has 0 aliphatic heterocycles. The van der Waals surface area contributed by atoms with E-state index in [4.69, 9.17) is 6.42 Å². The molecule has 3 atom stereocenters. The van der Waals surface area contributed by atoms with Crippen molar-refractivity contribution in [3.8, 4) is 24.5 Å². The van der Waals surface area contributed by atoms with Crippen LogP contribution in [-0.2, 0) is 4.79 Å². The zero-order valence-electron chi connectivity index (χ0n) is 14.8. The quantitative estimate of drug-likeness (QED) is 0.631. The highest BCUT2D eigenvalue weighted by Gasteiger charge is 2.59. The van der Waals surface area contributed by atoms with Crippen LogP contribution in [0.25, 0.3) is 0 Å². The molecule has 1 fully saturated rings. The Hall–Kier alpha value is -2.83. The first kappa shape index (κ1) is 17.0. The third kappa shape index (κ3) is 2.01. The molecule has 1 saturated carbocycles. The number of carbonyl (C=O) groups is 1. The van der Waals surface area contributed by atoms with Gasteiger partial charge in [-0.1, -0.05) is 45.4 Å². The molecule has 0 saturated heterocycles. The highest BCUT2D eigenvalue weighted by atomic mass is 16.1. The van der Waals surface area contributed by atoms with Crippen LogP contribution in [0, 0.1) is 57.2 Å². The summed E-state index contributed by atoms with van der Waals surface area (Å²) in [6.07, 6.45) is 12.9. The predicted octanol–water partition coefficient (Wildman–Crippen LogP) is 4.03. The number of terminal acetylenes is 1. The first-order chi connectivity index (χ1) is 11.7. The summed E-state index contributed by atoms with van der Waals surface area (Å²) in [5.74, 6) is 2.84. The summed E-state index contributed by atoms with van der Waals surface area (Å²) < 4.78 is 0. The number of nitriles is 2. The molecule has 3 heteroatoms. The van der Waals surface area contributed by atoms with E-state index in [-0.39, 0.29) is 17.3 Å². The molecule has 0 spiro atoms. The monoisotopic (exact) mass is 328 g/mol. The molecule has 0 radical (unpaired) electrons. The molecule has 3 aliphatic rings. The molecule has 0 aromatic carbocycles. The lowest BCUT2D eigenvalue weighted by Gasteiger charge is -2.56. The zero-order chi connectivity index (χ0) is 18.6. The summed E-state index contributed by atoms with van der Waals surface area (Å²) >= 11 is 0. The van der Waals surface area contributed by atoms with E-state index in [1.165, 1.54) is 0 Å². The fourth-order valence-electron chi connectivity index (χ4n) is 5.04. The van der Waals surface area contributed by atoms with Gasteiger partial charge < -0.3 is 0 Å². The smallest absolute Gasteiger partial charge is 0.178 e. The summed E-state index contributed by atoms with van der Waals surface area (Å²) in [7, 11) is 0. The number of hydrogen-bond acceptors (Lipinski definition) is 3. The van der Waals surface area contributed by atoms with Crippen molar-refractivity contribution in [2.24, 2.45) is 22.2 Å². The Labute approximate surface area is 149 Å². The van der Waals surface area contributed by atoms with Crippen LogP contribution in [0.1, 0.15) is 33.6 Å². The third-order valence-electron chi connectivity index (χ3n) is 6.31. The molecule has 25 heavy (non-hydrogen) atoms. The summed E-state index contributed by atoms with van der Waals surface area (Å²) in [5, 5.41) is 18.9. The Balaban J connectivity index is 2.31. The van der Waals surface area contributed by atoms with Crippen molar-refractivity contribution in [3.63, 3.8) is 0 Å². The minimum absolute atomic E-state index is 0.0437. The second kappa shape index (κ2) is 5.08. The van der Waals surface area contributed by atoms with E-state index < -0.39 is 16.2 Å². The van der Waals surface area contributed by atoms with Gasteiger partial charge in [0.25, 0.3) is 0 Å². The van der Waals surface area contributed by atoms with Gasteiger partial charge in [-0.3, -0.25) is 4.79 Å². The molecule has 0 amide bonds. The van der Waals surface area contributed by atoms with Crippen molar-refractivity contribution >= 4 is 5.78 Å². The highest BCUT2D eigenvalue weighted by Crippen LogP contribution is 2.63. The lowest BCUT2D eigenvalue weighted by atomic mass is 9.45. The van der Waals surface area contributed by atoms with Crippen molar-refractivity contribution in [2.75, 3.05) is 0 Å². The fraction of sp³-hybridized carbons (Fsp3) is 0.409. The van der Waals surface area contributed by atoms with E-state index in [2.05, 4.69) is 31.6 Å². The summed E-state index contributed by atoms with van der Waals surface area (Å²) in [6, 6.07) is 4.24. The van der Waals surface area contributed by atoms with Gasteiger partial charge >= 0.3 is 0 Å². The van der Waals surface area contributed by atoms with Crippen LogP contribution in [0.15, 0.2) is 47.1 Å². The Kier molecular flexibility index (Phi) is 3.46. The SMILES string of the molecule is C#CC12C=C(C#N)C(=C)C=C1[C@@]1(C)C=C(C#N)C(=O)C(C)(C)C1CC2. The number of rotatable bonds is 0. The topological polar surface area (TPSA) is 64.7 Å². The van der Waals surface area contributed by atoms with Crippen molar-refractivity contribution < 1.29 is 4.79 Å². The molecule has 124 valence electrons. The molecule has 0 N–H and O–H groups in total. The van der Waals surface area contributed by atoms with Gasteiger partial charge in [-0.25, -0.2) is 0 Å². The van der Waals surface area contributed by atoms with Crippen LogP contribution in [0.5, 0.6) is 0 Å². The molecule has 0 heterocycles. The summed E-state index contributed by atoms with van der Waals surface area (Å²) in [5.41, 5.74) is 0.468. The predicted molar refractivity (Wildman–Crippen MR) is 95.5 cm³/mol. The van der Waals surface area contributed by atoms with Gasteiger partial charge in [0.05, 0.1) is 22.6 Å². The maximum absolute atomic E-state index is 12.7. The number of allylic oxidation sites excluding steroid dienone is 7. The first-order valence-corrected chi connectivity index (χ1v) is 8.36. The molecule has 0 aromatic rings. The number of carbonyl (C=O) groups excluding carboxylic acids is 1. The van der Waals surface area contributed by atoms with Gasteiger partial charge in [0.1, 0.15) is 6.07 Å². The average Bonchev–Trinajstić information content (AvgIpc) is 2.58. The zero-order valence-corrected chi connectivity index (χ0v) is 14.8. The van der Waals surface area contributed by atoms with E-state index in [1.54, 1.807) is 6.08 Å². The second-order valence-electron chi connectivity index (χ2n) is 7.96. The van der Waals surface area contributed by atoms with Gasteiger partial charge in [0.15, 0.2) is 5.78 Å².